The number of pyridine rings is 1. The Hall–Kier alpha value is -2.80. The van der Waals surface area contributed by atoms with Gasteiger partial charge in [0.15, 0.2) is 5.96 Å². The fraction of sp³-hybridized carbons (Fsp3) is 0.478. The zero-order chi connectivity index (χ0) is 21.5. The van der Waals surface area contributed by atoms with Crippen LogP contribution in [0.5, 0.6) is 5.75 Å². The van der Waals surface area contributed by atoms with E-state index in [1.54, 1.807) is 14.2 Å². The Kier molecular flexibility index (Phi) is 7.52. The van der Waals surface area contributed by atoms with Gasteiger partial charge in [0.05, 0.1) is 25.9 Å². The lowest BCUT2D eigenvalue weighted by Gasteiger charge is -2.32. The summed E-state index contributed by atoms with van der Waals surface area (Å²) in [6.45, 7) is 9.41. The topological polar surface area (TPSA) is 71.0 Å². The van der Waals surface area contributed by atoms with Crippen molar-refractivity contribution in [1.82, 2.24) is 15.6 Å². The van der Waals surface area contributed by atoms with Gasteiger partial charge in [-0.3, -0.25) is 4.99 Å². The molecule has 0 radical (unpaired) electrons. The Bertz CT molecular complexity index is 870. The Morgan fingerprint density at radius 3 is 2.93 bits per heavy atom. The molecule has 1 aromatic heterocycles. The van der Waals surface area contributed by atoms with E-state index in [2.05, 4.69) is 64.5 Å². The first-order valence-electron chi connectivity index (χ1n) is 10.4. The average Bonchev–Trinajstić information content (AvgIpc) is 2.76. The monoisotopic (exact) mass is 411 g/mol. The van der Waals surface area contributed by atoms with E-state index in [0.717, 1.165) is 48.4 Å². The van der Waals surface area contributed by atoms with Crippen molar-refractivity contribution in [2.75, 3.05) is 38.8 Å². The number of guanidine groups is 1. The van der Waals surface area contributed by atoms with Crippen molar-refractivity contribution in [1.29, 1.82) is 0 Å². The van der Waals surface area contributed by atoms with Gasteiger partial charge in [-0.15, -0.1) is 0 Å². The average molecular weight is 412 g/mol. The van der Waals surface area contributed by atoms with Crippen molar-refractivity contribution in [2.45, 2.75) is 39.5 Å². The van der Waals surface area contributed by atoms with Crippen LogP contribution in [0.1, 0.15) is 36.6 Å². The van der Waals surface area contributed by atoms with Gasteiger partial charge < -0.3 is 25.0 Å². The minimum atomic E-state index is 0.0499. The van der Waals surface area contributed by atoms with Crippen molar-refractivity contribution < 1.29 is 9.47 Å². The molecule has 3 rings (SSSR count). The third-order valence-corrected chi connectivity index (χ3v) is 5.26. The standard InChI is InChI=1S/C23H33N5O2/c1-16-6-7-21(29-5)20(12-16)18(3)27-23(24-4)26-14-19-8-9-25-22(13-19)28-10-11-30-17(2)15-28/h6-9,12-13,17-18H,10-11,14-15H2,1-5H3,(H2,24,26,27). The zero-order valence-electron chi connectivity index (χ0n) is 18.6. The lowest BCUT2D eigenvalue weighted by molar-refractivity contribution is 0.0529. The lowest BCUT2D eigenvalue weighted by Crippen LogP contribution is -2.41. The Labute approximate surface area is 179 Å². The molecule has 0 aliphatic carbocycles. The summed E-state index contributed by atoms with van der Waals surface area (Å²) in [5, 5.41) is 6.86. The molecule has 1 aliphatic rings. The number of hydrogen-bond acceptors (Lipinski definition) is 5. The summed E-state index contributed by atoms with van der Waals surface area (Å²) in [5.74, 6) is 2.60. The fourth-order valence-corrected chi connectivity index (χ4v) is 3.63. The van der Waals surface area contributed by atoms with Crippen molar-refractivity contribution in [3.8, 4) is 5.75 Å². The van der Waals surface area contributed by atoms with E-state index in [1.165, 1.54) is 5.56 Å². The molecule has 30 heavy (non-hydrogen) atoms. The lowest BCUT2D eigenvalue weighted by atomic mass is 10.0. The highest BCUT2D eigenvalue weighted by Crippen LogP contribution is 2.26. The molecule has 2 heterocycles. The maximum atomic E-state index is 5.64. The summed E-state index contributed by atoms with van der Waals surface area (Å²) >= 11 is 0. The summed E-state index contributed by atoms with van der Waals surface area (Å²) < 4.78 is 11.2. The van der Waals surface area contributed by atoms with Crippen LogP contribution in [0.2, 0.25) is 0 Å². The molecule has 0 spiro atoms. The number of anilines is 1. The fourth-order valence-electron chi connectivity index (χ4n) is 3.63. The van der Waals surface area contributed by atoms with E-state index in [4.69, 9.17) is 9.47 Å². The van der Waals surface area contributed by atoms with Crippen LogP contribution in [0.25, 0.3) is 0 Å². The third-order valence-electron chi connectivity index (χ3n) is 5.26. The number of aromatic nitrogens is 1. The molecule has 2 unspecified atom stereocenters. The summed E-state index contributed by atoms with van der Waals surface area (Å²) in [6.07, 6.45) is 2.09. The molecule has 162 valence electrons. The van der Waals surface area contributed by atoms with Gasteiger partial charge in [-0.25, -0.2) is 4.98 Å². The van der Waals surface area contributed by atoms with E-state index < -0.39 is 0 Å². The predicted molar refractivity (Wildman–Crippen MR) is 121 cm³/mol. The number of aliphatic imine (C=N–C) groups is 1. The van der Waals surface area contributed by atoms with Crippen molar-refractivity contribution >= 4 is 11.8 Å². The second kappa shape index (κ2) is 10.3. The van der Waals surface area contributed by atoms with Gasteiger partial charge in [-0.2, -0.15) is 0 Å². The summed E-state index contributed by atoms with van der Waals surface area (Å²) in [6, 6.07) is 10.4. The predicted octanol–water partition coefficient (Wildman–Crippen LogP) is 3.05. The van der Waals surface area contributed by atoms with Gasteiger partial charge in [-0.1, -0.05) is 17.7 Å². The van der Waals surface area contributed by atoms with Gasteiger partial charge in [0.25, 0.3) is 0 Å². The van der Waals surface area contributed by atoms with E-state index >= 15 is 0 Å². The van der Waals surface area contributed by atoms with Gasteiger partial charge in [0, 0.05) is 38.4 Å². The Balaban J connectivity index is 1.62. The molecule has 0 bridgehead atoms. The second-order valence-electron chi connectivity index (χ2n) is 7.69. The summed E-state index contributed by atoms with van der Waals surface area (Å²) in [5.41, 5.74) is 3.46. The Morgan fingerprint density at radius 2 is 2.20 bits per heavy atom. The molecular weight excluding hydrogens is 378 g/mol. The smallest absolute Gasteiger partial charge is 0.191 e. The molecule has 2 N–H and O–H groups in total. The Morgan fingerprint density at radius 1 is 1.37 bits per heavy atom. The number of ether oxygens (including phenoxy) is 2. The number of rotatable bonds is 6. The number of methoxy groups -OCH3 is 1. The normalized spacial score (nSPS) is 18.1. The van der Waals surface area contributed by atoms with Crippen LogP contribution in [0.3, 0.4) is 0 Å². The molecule has 7 nitrogen and oxygen atoms in total. The number of aryl methyl sites for hydroxylation is 1. The minimum absolute atomic E-state index is 0.0499. The molecule has 1 aliphatic heterocycles. The number of morpholine rings is 1. The molecule has 1 fully saturated rings. The van der Waals surface area contributed by atoms with Crippen LogP contribution in [-0.2, 0) is 11.3 Å². The van der Waals surface area contributed by atoms with Crippen molar-refractivity contribution in [2.24, 2.45) is 4.99 Å². The van der Waals surface area contributed by atoms with E-state index in [0.29, 0.717) is 6.54 Å². The molecule has 0 saturated carbocycles. The summed E-state index contributed by atoms with van der Waals surface area (Å²) in [7, 11) is 3.48. The first kappa shape index (κ1) is 21.9. The highest BCUT2D eigenvalue weighted by molar-refractivity contribution is 5.80. The van der Waals surface area contributed by atoms with E-state index in [-0.39, 0.29) is 12.1 Å². The largest absolute Gasteiger partial charge is 0.496 e. The third kappa shape index (κ3) is 5.63. The van der Waals surface area contributed by atoms with Crippen LogP contribution in [0, 0.1) is 6.92 Å². The highest BCUT2D eigenvalue weighted by Gasteiger charge is 2.18. The van der Waals surface area contributed by atoms with Crippen LogP contribution in [0.4, 0.5) is 5.82 Å². The van der Waals surface area contributed by atoms with Crippen LogP contribution < -0.4 is 20.3 Å². The molecule has 1 aromatic carbocycles. The van der Waals surface area contributed by atoms with Gasteiger partial charge >= 0.3 is 0 Å². The number of hydrogen-bond donors (Lipinski definition) is 2. The van der Waals surface area contributed by atoms with Crippen molar-refractivity contribution in [3.63, 3.8) is 0 Å². The van der Waals surface area contributed by atoms with E-state index in [1.807, 2.05) is 18.3 Å². The maximum Gasteiger partial charge on any atom is 0.191 e. The zero-order valence-corrected chi connectivity index (χ0v) is 18.6. The minimum Gasteiger partial charge on any atom is -0.496 e. The highest BCUT2D eigenvalue weighted by atomic mass is 16.5. The SMILES string of the molecule is CN=C(NCc1ccnc(N2CCOC(C)C2)c1)NC(C)c1cc(C)ccc1OC. The molecule has 1 saturated heterocycles. The van der Waals surface area contributed by atoms with Crippen LogP contribution >= 0.6 is 0 Å². The molecule has 0 amide bonds. The molecular formula is C23H33N5O2. The quantitative estimate of drug-likeness (QED) is 0.562. The van der Waals surface area contributed by atoms with Crippen LogP contribution in [0.15, 0.2) is 41.5 Å². The van der Waals surface area contributed by atoms with Gasteiger partial charge in [0.2, 0.25) is 0 Å². The van der Waals surface area contributed by atoms with Crippen LogP contribution in [-0.4, -0.2) is 50.9 Å². The molecule has 2 atom stereocenters. The summed E-state index contributed by atoms with van der Waals surface area (Å²) in [4.78, 5) is 11.2. The van der Waals surface area contributed by atoms with E-state index in [9.17, 15) is 0 Å². The number of nitrogens with one attached hydrogen (secondary N) is 2. The molecule has 2 aromatic rings. The first-order valence-corrected chi connectivity index (χ1v) is 10.4. The number of benzene rings is 1. The first-order chi connectivity index (χ1) is 14.5. The van der Waals surface area contributed by atoms with Crippen molar-refractivity contribution in [3.05, 3.63) is 53.2 Å². The number of nitrogens with zero attached hydrogens (tertiary/aromatic N) is 3. The van der Waals surface area contributed by atoms with Gasteiger partial charge in [0.1, 0.15) is 11.6 Å². The molecule has 7 heteroatoms. The second-order valence-corrected chi connectivity index (χ2v) is 7.69. The van der Waals surface area contributed by atoms with Gasteiger partial charge in [-0.05, 0) is 44.5 Å². The maximum absolute atomic E-state index is 5.64.